The second-order valence-electron chi connectivity index (χ2n) is 4.76. The quantitative estimate of drug-likeness (QED) is 0.870. The standard InChI is InChI=1S/C15H19N3O2/c1-12(10-18-7-6-16-11-18)17-15(19)9-13-4-3-5-14(8-13)20-2/h3-8,11-12H,9-10H2,1-2H3,(H,17,19)/t12-/m0/s1. The highest BCUT2D eigenvalue weighted by Crippen LogP contribution is 2.12. The SMILES string of the molecule is COc1cccc(CC(=O)N[C@@H](C)Cn2ccnc2)c1. The first-order valence-electron chi connectivity index (χ1n) is 6.55. The molecule has 5 nitrogen and oxygen atoms in total. The van der Waals surface area contributed by atoms with Crippen molar-refractivity contribution in [1.82, 2.24) is 14.9 Å². The van der Waals surface area contributed by atoms with Gasteiger partial charge in [0, 0.05) is 25.0 Å². The largest absolute Gasteiger partial charge is 0.497 e. The van der Waals surface area contributed by atoms with Crippen LogP contribution in [0.25, 0.3) is 0 Å². The van der Waals surface area contributed by atoms with Gasteiger partial charge in [-0.3, -0.25) is 4.79 Å². The zero-order valence-corrected chi connectivity index (χ0v) is 11.7. The second kappa shape index (κ2) is 6.75. The number of methoxy groups -OCH3 is 1. The average molecular weight is 273 g/mol. The molecule has 106 valence electrons. The number of benzene rings is 1. The van der Waals surface area contributed by atoms with Crippen molar-refractivity contribution in [2.75, 3.05) is 7.11 Å². The zero-order valence-electron chi connectivity index (χ0n) is 11.7. The van der Waals surface area contributed by atoms with Crippen LogP contribution in [-0.4, -0.2) is 28.6 Å². The van der Waals surface area contributed by atoms with Crippen molar-refractivity contribution in [1.29, 1.82) is 0 Å². The van der Waals surface area contributed by atoms with E-state index in [1.54, 1.807) is 19.6 Å². The van der Waals surface area contributed by atoms with Gasteiger partial charge in [-0.25, -0.2) is 4.98 Å². The van der Waals surface area contributed by atoms with Crippen LogP contribution in [0.2, 0.25) is 0 Å². The molecule has 5 heteroatoms. The van der Waals surface area contributed by atoms with Gasteiger partial charge >= 0.3 is 0 Å². The molecule has 1 aromatic carbocycles. The molecule has 2 aromatic rings. The molecule has 0 fully saturated rings. The van der Waals surface area contributed by atoms with Crippen molar-refractivity contribution >= 4 is 5.91 Å². The van der Waals surface area contributed by atoms with E-state index in [4.69, 9.17) is 4.74 Å². The van der Waals surface area contributed by atoms with E-state index in [1.165, 1.54) is 0 Å². The van der Waals surface area contributed by atoms with Gasteiger partial charge in [0.1, 0.15) is 5.75 Å². The number of nitrogens with zero attached hydrogens (tertiary/aromatic N) is 2. The van der Waals surface area contributed by atoms with Gasteiger partial charge in [0.2, 0.25) is 5.91 Å². The van der Waals surface area contributed by atoms with Crippen molar-refractivity contribution < 1.29 is 9.53 Å². The Kier molecular flexibility index (Phi) is 4.76. The lowest BCUT2D eigenvalue weighted by Gasteiger charge is -2.14. The minimum atomic E-state index is 0.00543. The summed E-state index contributed by atoms with van der Waals surface area (Å²) >= 11 is 0. The molecule has 0 spiro atoms. The maximum Gasteiger partial charge on any atom is 0.224 e. The molecule has 2 rings (SSSR count). The van der Waals surface area contributed by atoms with Crippen molar-refractivity contribution in [3.8, 4) is 5.75 Å². The number of rotatable bonds is 6. The van der Waals surface area contributed by atoms with E-state index in [0.717, 1.165) is 11.3 Å². The van der Waals surface area contributed by atoms with Crippen LogP contribution >= 0.6 is 0 Å². The van der Waals surface area contributed by atoms with Gasteiger partial charge in [-0.05, 0) is 24.6 Å². The van der Waals surface area contributed by atoms with E-state index in [-0.39, 0.29) is 11.9 Å². The number of hydrogen-bond acceptors (Lipinski definition) is 3. The molecule has 0 unspecified atom stereocenters. The minimum Gasteiger partial charge on any atom is -0.497 e. The average Bonchev–Trinajstić information content (AvgIpc) is 2.91. The summed E-state index contributed by atoms with van der Waals surface area (Å²) in [6.45, 7) is 2.69. The molecule has 0 aliphatic heterocycles. The molecule has 0 bridgehead atoms. The molecule has 1 amide bonds. The van der Waals surface area contributed by atoms with Crippen molar-refractivity contribution in [2.24, 2.45) is 0 Å². The fraction of sp³-hybridized carbons (Fsp3) is 0.333. The molecule has 1 N–H and O–H groups in total. The second-order valence-corrected chi connectivity index (χ2v) is 4.76. The predicted octanol–water partition coefficient (Wildman–Crippen LogP) is 1.64. The van der Waals surface area contributed by atoms with Crippen LogP contribution in [0.5, 0.6) is 5.75 Å². The summed E-state index contributed by atoms with van der Waals surface area (Å²) in [7, 11) is 1.62. The third-order valence-electron chi connectivity index (χ3n) is 2.95. The van der Waals surface area contributed by atoms with Gasteiger partial charge in [-0.2, -0.15) is 0 Å². The first-order chi connectivity index (χ1) is 9.67. The molecule has 20 heavy (non-hydrogen) atoms. The summed E-state index contributed by atoms with van der Waals surface area (Å²) in [6.07, 6.45) is 5.70. The Morgan fingerprint density at radius 1 is 1.50 bits per heavy atom. The number of ether oxygens (including phenoxy) is 1. The van der Waals surface area contributed by atoms with Crippen molar-refractivity contribution in [3.05, 3.63) is 48.5 Å². The van der Waals surface area contributed by atoms with E-state index in [1.807, 2.05) is 42.0 Å². The zero-order chi connectivity index (χ0) is 14.4. The van der Waals surface area contributed by atoms with Gasteiger partial charge in [0.05, 0.1) is 19.9 Å². The van der Waals surface area contributed by atoms with E-state index in [2.05, 4.69) is 10.3 Å². The molecular formula is C15H19N3O2. The first kappa shape index (κ1) is 14.1. The molecule has 0 saturated carbocycles. The third-order valence-corrected chi connectivity index (χ3v) is 2.95. The van der Waals surface area contributed by atoms with Gasteiger partial charge in [0.15, 0.2) is 0 Å². The van der Waals surface area contributed by atoms with Gasteiger partial charge < -0.3 is 14.6 Å². The topological polar surface area (TPSA) is 56.1 Å². The Labute approximate surface area is 118 Å². The van der Waals surface area contributed by atoms with Crippen LogP contribution in [-0.2, 0) is 17.8 Å². The summed E-state index contributed by atoms with van der Waals surface area (Å²) < 4.78 is 7.09. The molecule has 1 atom stereocenters. The lowest BCUT2D eigenvalue weighted by molar-refractivity contribution is -0.121. The predicted molar refractivity (Wildman–Crippen MR) is 76.5 cm³/mol. The highest BCUT2D eigenvalue weighted by molar-refractivity contribution is 5.78. The molecule has 1 aromatic heterocycles. The van der Waals surface area contributed by atoms with E-state index in [0.29, 0.717) is 13.0 Å². The van der Waals surface area contributed by atoms with E-state index < -0.39 is 0 Å². The smallest absolute Gasteiger partial charge is 0.224 e. The number of amides is 1. The van der Waals surface area contributed by atoms with Crippen LogP contribution in [0.4, 0.5) is 0 Å². The number of aromatic nitrogens is 2. The molecule has 0 aliphatic carbocycles. The van der Waals surface area contributed by atoms with Gasteiger partial charge in [-0.15, -0.1) is 0 Å². The number of carbonyl (C=O) groups is 1. The van der Waals surface area contributed by atoms with Gasteiger partial charge in [-0.1, -0.05) is 12.1 Å². The summed E-state index contributed by atoms with van der Waals surface area (Å²) in [4.78, 5) is 16.0. The maximum atomic E-state index is 12.0. The van der Waals surface area contributed by atoms with E-state index >= 15 is 0 Å². The Morgan fingerprint density at radius 3 is 3.05 bits per heavy atom. The number of nitrogens with one attached hydrogen (secondary N) is 1. The fourth-order valence-electron chi connectivity index (χ4n) is 2.05. The van der Waals surface area contributed by atoms with Crippen LogP contribution in [0.1, 0.15) is 12.5 Å². The van der Waals surface area contributed by atoms with Crippen molar-refractivity contribution in [2.45, 2.75) is 25.9 Å². The lowest BCUT2D eigenvalue weighted by atomic mass is 10.1. The molecule has 0 aliphatic rings. The first-order valence-corrected chi connectivity index (χ1v) is 6.55. The van der Waals surface area contributed by atoms with Crippen LogP contribution in [0.3, 0.4) is 0 Å². The summed E-state index contributed by atoms with van der Waals surface area (Å²) in [6, 6.07) is 7.60. The highest BCUT2D eigenvalue weighted by atomic mass is 16.5. The number of hydrogen-bond donors (Lipinski definition) is 1. The summed E-state index contributed by atoms with van der Waals surface area (Å²) in [5.41, 5.74) is 0.941. The number of carbonyl (C=O) groups excluding carboxylic acids is 1. The van der Waals surface area contributed by atoms with Crippen LogP contribution < -0.4 is 10.1 Å². The fourth-order valence-corrected chi connectivity index (χ4v) is 2.05. The Bertz CT molecular complexity index is 552. The Morgan fingerprint density at radius 2 is 2.35 bits per heavy atom. The molecule has 1 heterocycles. The maximum absolute atomic E-state index is 12.0. The van der Waals surface area contributed by atoms with E-state index in [9.17, 15) is 4.79 Å². The van der Waals surface area contributed by atoms with Crippen LogP contribution in [0, 0.1) is 0 Å². The minimum absolute atomic E-state index is 0.00543. The van der Waals surface area contributed by atoms with Crippen molar-refractivity contribution in [3.63, 3.8) is 0 Å². The summed E-state index contributed by atoms with van der Waals surface area (Å²) in [5.74, 6) is 0.771. The normalized spacial score (nSPS) is 11.9. The van der Waals surface area contributed by atoms with Crippen LogP contribution in [0.15, 0.2) is 43.0 Å². The summed E-state index contributed by atoms with van der Waals surface area (Å²) in [5, 5.41) is 2.98. The molecule has 0 radical (unpaired) electrons. The third kappa shape index (κ3) is 4.12. The number of imidazole rings is 1. The molecular weight excluding hydrogens is 254 g/mol. The monoisotopic (exact) mass is 273 g/mol. The highest BCUT2D eigenvalue weighted by Gasteiger charge is 2.09. The Balaban J connectivity index is 1.85. The van der Waals surface area contributed by atoms with Gasteiger partial charge in [0.25, 0.3) is 0 Å². The Hall–Kier alpha value is -2.30. The lowest BCUT2D eigenvalue weighted by Crippen LogP contribution is -2.36. The molecule has 0 saturated heterocycles.